The van der Waals surface area contributed by atoms with Crippen LogP contribution in [-0.4, -0.2) is 41.8 Å². The zero-order valence-electron chi connectivity index (χ0n) is 12.3. The lowest BCUT2D eigenvalue weighted by Crippen LogP contribution is -2.33. The molecule has 0 saturated heterocycles. The first kappa shape index (κ1) is 16.0. The van der Waals surface area contributed by atoms with Crippen LogP contribution in [0.3, 0.4) is 0 Å². The van der Waals surface area contributed by atoms with Gasteiger partial charge in [-0.05, 0) is 36.1 Å². The zero-order valence-corrected chi connectivity index (χ0v) is 12.3. The van der Waals surface area contributed by atoms with Gasteiger partial charge in [0.1, 0.15) is 5.82 Å². The van der Waals surface area contributed by atoms with E-state index < -0.39 is 17.9 Å². The summed E-state index contributed by atoms with van der Waals surface area (Å²) in [5.41, 5.74) is 1.93. The average Bonchev–Trinajstić information content (AvgIpc) is 2.49. The molecule has 0 aromatic heterocycles. The third kappa shape index (κ3) is 3.84. The highest BCUT2D eigenvalue weighted by Gasteiger charge is 2.18. The molecule has 1 heterocycles. The Morgan fingerprint density at radius 2 is 2.18 bits per heavy atom. The smallest absolute Gasteiger partial charge is 0.407 e. The van der Waals surface area contributed by atoms with Crippen LogP contribution in [0, 0.1) is 5.82 Å². The van der Waals surface area contributed by atoms with E-state index in [-0.39, 0.29) is 13.0 Å². The molecule has 1 aliphatic heterocycles. The van der Waals surface area contributed by atoms with Crippen LogP contribution in [0.2, 0.25) is 0 Å². The Hall–Kier alpha value is -2.37. The Kier molecular flexibility index (Phi) is 5.14. The predicted octanol–water partition coefficient (Wildman–Crippen LogP) is 2.70. The highest BCUT2D eigenvalue weighted by atomic mass is 19.1. The van der Waals surface area contributed by atoms with E-state index in [1.165, 1.54) is 11.0 Å². The molecule has 0 fully saturated rings. The van der Waals surface area contributed by atoms with Gasteiger partial charge in [0.05, 0.1) is 13.0 Å². The molecule has 0 saturated carbocycles. The molecule has 1 aromatic rings. The summed E-state index contributed by atoms with van der Waals surface area (Å²) < 4.78 is 18.9. The number of esters is 1. The van der Waals surface area contributed by atoms with E-state index >= 15 is 0 Å². The van der Waals surface area contributed by atoms with Gasteiger partial charge in [-0.25, -0.2) is 9.18 Å². The molecule has 0 atom stereocenters. The molecule has 1 N–H and O–H groups in total. The van der Waals surface area contributed by atoms with Crippen LogP contribution in [0.25, 0.3) is 5.57 Å². The van der Waals surface area contributed by atoms with Gasteiger partial charge in [0.15, 0.2) is 0 Å². The molecule has 0 unspecified atom stereocenters. The molecular weight excluding hydrogens is 289 g/mol. The normalized spacial score (nSPS) is 14.5. The van der Waals surface area contributed by atoms with Crippen molar-refractivity contribution in [1.29, 1.82) is 0 Å². The van der Waals surface area contributed by atoms with Crippen molar-refractivity contribution >= 4 is 17.6 Å². The van der Waals surface area contributed by atoms with Gasteiger partial charge in [0, 0.05) is 13.1 Å². The van der Waals surface area contributed by atoms with Gasteiger partial charge in [-0.15, -0.1) is 0 Å². The van der Waals surface area contributed by atoms with E-state index in [0.29, 0.717) is 25.1 Å². The number of rotatable bonds is 4. The van der Waals surface area contributed by atoms with Crippen molar-refractivity contribution in [3.05, 3.63) is 41.2 Å². The van der Waals surface area contributed by atoms with Crippen LogP contribution in [-0.2, 0) is 16.0 Å². The molecule has 0 radical (unpaired) electrons. The highest BCUT2D eigenvalue weighted by molar-refractivity contribution is 5.74. The van der Waals surface area contributed by atoms with E-state index in [9.17, 15) is 14.0 Å². The second-order valence-electron chi connectivity index (χ2n) is 5.00. The van der Waals surface area contributed by atoms with Crippen LogP contribution >= 0.6 is 0 Å². The van der Waals surface area contributed by atoms with Crippen LogP contribution in [0.5, 0.6) is 0 Å². The predicted molar refractivity (Wildman–Crippen MR) is 78.9 cm³/mol. The third-order valence-electron chi connectivity index (χ3n) is 3.54. The van der Waals surface area contributed by atoms with Crippen molar-refractivity contribution in [1.82, 2.24) is 4.90 Å². The Bertz CT molecular complexity index is 612. The lowest BCUT2D eigenvalue weighted by molar-refractivity contribution is -0.142. The Morgan fingerprint density at radius 1 is 1.41 bits per heavy atom. The average molecular weight is 307 g/mol. The minimum absolute atomic E-state index is 0.0915. The number of ether oxygens (including phenoxy) is 1. The number of halogens is 1. The van der Waals surface area contributed by atoms with Gasteiger partial charge in [-0.2, -0.15) is 0 Å². The minimum atomic E-state index is -0.953. The first-order valence-electron chi connectivity index (χ1n) is 7.12. The summed E-state index contributed by atoms with van der Waals surface area (Å²) >= 11 is 0. The number of amides is 1. The monoisotopic (exact) mass is 307 g/mol. The third-order valence-corrected chi connectivity index (χ3v) is 3.54. The topological polar surface area (TPSA) is 66.8 Å². The fraction of sp³-hybridized carbons (Fsp3) is 0.375. The Morgan fingerprint density at radius 3 is 2.73 bits per heavy atom. The maximum Gasteiger partial charge on any atom is 0.407 e. The first-order valence-corrected chi connectivity index (χ1v) is 7.12. The summed E-state index contributed by atoms with van der Waals surface area (Å²) in [6, 6.07) is 4.71. The number of benzene rings is 1. The van der Waals surface area contributed by atoms with Crippen molar-refractivity contribution < 1.29 is 23.8 Å². The number of carbonyl (C=O) groups excluding carboxylic acids is 1. The molecule has 0 bridgehead atoms. The number of carboxylic acid groups (broad SMARTS) is 1. The number of hydrogen-bond donors (Lipinski definition) is 1. The molecule has 5 nitrogen and oxygen atoms in total. The molecule has 1 amide bonds. The fourth-order valence-corrected chi connectivity index (χ4v) is 2.36. The second kappa shape index (κ2) is 7.06. The maximum absolute atomic E-state index is 14.1. The lowest BCUT2D eigenvalue weighted by Gasteiger charge is -2.24. The number of carbonyl (C=O) groups is 2. The summed E-state index contributed by atoms with van der Waals surface area (Å²) in [6.07, 6.45) is 1.29. The van der Waals surface area contributed by atoms with Gasteiger partial charge in [-0.1, -0.05) is 18.2 Å². The molecule has 1 aliphatic rings. The van der Waals surface area contributed by atoms with E-state index in [2.05, 4.69) is 0 Å². The zero-order chi connectivity index (χ0) is 16.1. The quantitative estimate of drug-likeness (QED) is 0.869. The fourth-order valence-electron chi connectivity index (χ4n) is 2.36. The summed E-state index contributed by atoms with van der Waals surface area (Å²) in [4.78, 5) is 23.5. The molecule has 0 aliphatic carbocycles. The van der Waals surface area contributed by atoms with Crippen molar-refractivity contribution in [3.63, 3.8) is 0 Å². The summed E-state index contributed by atoms with van der Waals surface area (Å²) in [6.45, 7) is 2.67. The molecule has 22 heavy (non-hydrogen) atoms. The molecule has 1 aromatic carbocycles. The number of nitrogens with zero attached hydrogens (tertiary/aromatic N) is 1. The summed E-state index contributed by atoms with van der Waals surface area (Å²) in [5.74, 6) is -0.907. The van der Waals surface area contributed by atoms with Crippen molar-refractivity contribution in [2.24, 2.45) is 0 Å². The molecule has 0 spiro atoms. The summed E-state index contributed by atoms with van der Waals surface area (Å²) in [7, 11) is 0. The van der Waals surface area contributed by atoms with E-state index in [0.717, 1.165) is 11.1 Å². The molecule has 2 rings (SSSR count). The van der Waals surface area contributed by atoms with Gasteiger partial charge in [-0.3, -0.25) is 4.79 Å². The SMILES string of the molecule is CCOC(=O)Cc1ccc(C2=CCN(C(=O)O)CC2)cc1F. The standard InChI is InChI=1S/C16H18FNO4/c1-2-22-15(19)10-13-4-3-12(9-14(13)17)11-5-7-18(8-6-11)16(20)21/h3-5,9H,2,6-8,10H2,1H3,(H,20,21). The molecule has 6 heteroatoms. The van der Waals surface area contributed by atoms with E-state index in [4.69, 9.17) is 9.84 Å². The van der Waals surface area contributed by atoms with Crippen molar-refractivity contribution in [2.45, 2.75) is 19.8 Å². The highest BCUT2D eigenvalue weighted by Crippen LogP contribution is 2.24. The van der Waals surface area contributed by atoms with Crippen LogP contribution in [0.15, 0.2) is 24.3 Å². The minimum Gasteiger partial charge on any atom is -0.466 e. The lowest BCUT2D eigenvalue weighted by atomic mass is 9.97. The Labute approximate surface area is 128 Å². The molecule has 118 valence electrons. The second-order valence-corrected chi connectivity index (χ2v) is 5.00. The van der Waals surface area contributed by atoms with Crippen LogP contribution < -0.4 is 0 Å². The summed E-state index contributed by atoms with van der Waals surface area (Å²) in [5, 5.41) is 8.90. The van der Waals surface area contributed by atoms with Crippen LogP contribution in [0.4, 0.5) is 9.18 Å². The largest absolute Gasteiger partial charge is 0.466 e. The van der Waals surface area contributed by atoms with E-state index in [1.54, 1.807) is 25.1 Å². The van der Waals surface area contributed by atoms with E-state index in [1.807, 2.05) is 0 Å². The van der Waals surface area contributed by atoms with Crippen molar-refractivity contribution in [3.8, 4) is 0 Å². The van der Waals surface area contributed by atoms with Gasteiger partial charge in [0.25, 0.3) is 0 Å². The van der Waals surface area contributed by atoms with Crippen molar-refractivity contribution in [2.75, 3.05) is 19.7 Å². The first-order chi connectivity index (χ1) is 10.5. The van der Waals surface area contributed by atoms with Crippen LogP contribution in [0.1, 0.15) is 24.5 Å². The van der Waals surface area contributed by atoms with Gasteiger partial charge < -0.3 is 14.7 Å². The maximum atomic E-state index is 14.1. The number of hydrogen-bond acceptors (Lipinski definition) is 3. The Balaban J connectivity index is 2.10. The van der Waals surface area contributed by atoms with Gasteiger partial charge in [0.2, 0.25) is 0 Å². The molecular formula is C16H18FNO4. The van der Waals surface area contributed by atoms with Gasteiger partial charge >= 0.3 is 12.1 Å².